The van der Waals surface area contributed by atoms with Crippen molar-refractivity contribution < 1.29 is 14.2 Å². The maximum Gasteiger partial charge on any atom is 0.270 e. The molecule has 0 aliphatic carbocycles. The SMILES string of the molecule is Cc1ccc(C(=O)NC(c2nc(-c3cccc([N+](=O)[O-])c3)no2)C(C)C)cc1. The third-order valence-corrected chi connectivity index (χ3v) is 4.29. The van der Waals surface area contributed by atoms with Crippen LogP contribution < -0.4 is 5.32 Å². The summed E-state index contributed by atoms with van der Waals surface area (Å²) in [5.41, 5.74) is 2.01. The number of carbonyl (C=O) groups excluding carboxylic acids is 1. The topological polar surface area (TPSA) is 111 Å². The zero-order chi connectivity index (χ0) is 20.3. The summed E-state index contributed by atoms with van der Waals surface area (Å²) in [4.78, 5) is 27.4. The summed E-state index contributed by atoms with van der Waals surface area (Å²) >= 11 is 0. The van der Waals surface area contributed by atoms with Crippen molar-refractivity contribution in [2.45, 2.75) is 26.8 Å². The number of rotatable bonds is 6. The van der Waals surface area contributed by atoms with Crippen LogP contribution in [-0.2, 0) is 0 Å². The summed E-state index contributed by atoms with van der Waals surface area (Å²) in [5, 5.41) is 17.8. The largest absolute Gasteiger partial charge is 0.340 e. The normalized spacial score (nSPS) is 12.0. The maximum atomic E-state index is 12.6. The number of non-ortho nitro benzene ring substituents is 1. The summed E-state index contributed by atoms with van der Waals surface area (Å²) in [6.45, 7) is 5.81. The van der Waals surface area contributed by atoms with E-state index < -0.39 is 11.0 Å². The minimum atomic E-state index is -0.492. The van der Waals surface area contributed by atoms with Crippen LogP contribution in [0.2, 0.25) is 0 Å². The molecule has 2 aromatic carbocycles. The number of carbonyl (C=O) groups is 1. The van der Waals surface area contributed by atoms with Crippen molar-refractivity contribution in [3.8, 4) is 11.4 Å². The maximum absolute atomic E-state index is 12.6. The van der Waals surface area contributed by atoms with Gasteiger partial charge in [-0.2, -0.15) is 4.98 Å². The molecule has 1 unspecified atom stereocenters. The van der Waals surface area contributed by atoms with Crippen LogP contribution in [0.1, 0.15) is 41.7 Å². The standard InChI is InChI=1S/C20H20N4O4/c1-12(2)17(21-19(25)14-9-7-13(3)8-10-14)20-22-18(23-28-20)15-5-4-6-16(11-15)24(26)27/h4-12,17H,1-3H3,(H,21,25). The first-order valence-electron chi connectivity index (χ1n) is 8.81. The number of nitro groups is 1. The molecule has 1 aromatic heterocycles. The molecule has 3 rings (SSSR count). The van der Waals surface area contributed by atoms with Gasteiger partial charge in [0.05, 0.1) is 4.92 Å². The molecule has 8 nitrogen and oxygen atoms in total. The van der Waals surface area contributed by atoms with Crippen LogP contribution >= 0.6 is 0 Å². The minimum Gasteiger partial charge on any atom is -0.340 e. The lowest BCUT2D eigenvalue weighted by atomic mass is 10.0. The highest BCUT2D eigenvalue weighted by molar-refractivity contribution is 5.94. The van der Waals surface area contributed by atoms with Crippen molar-refractivity contribution in [3.63, 3.8) is 0 Å². The Morgan fingerprint density at radius 2 is 1.89 bits per heavy atom. The Labute approximate surface area is 161 Å². The van der Waals surface area contributed by atoms with Gasteiger partial charge in [0.1, 0.15) is 6.04 Å². The van der Waals surface area contributed by atoms with E-state index in [0.29, 0.717) is 11.1 Å². The van der Waals surface area contributed by atoms with Crippen molar-refractivity contribution in [3.05, 3.63) is 75.7 Å². The Balaban J connectivity index is 1.84. The number of amides is 1. The number of nitrogens with one attached hydrogen (secondary N) is 1. The van der Waals surface area contributed by atoms with Gasteiger partial charge in [0.2, 0.25) is 11.7 Å². The molecular formula is C20H20N4O4. The van der Waals surface area contributed by atoms with E-state index in [1.54, 1.807) is 24.3 Å². The van der Waals surface area contributed by atoms with E-state index in [9.17, 15) is 14.9 Å². The second kappa shape index (κ2) is 7.99. The van der Waals surface area contributed by atoms with Gasteiger partial charge in [-0.3, -0.25) is 14.9 Å². The average Bonchev–Trinajstić information content (AvgIpc) is 3.16. The van der Waals surface area contributed by atoms with E-state index in [2.05, 4.69) is 15.5 Å². The van der Waals surface area contributed by atoms with Crippen molar-refractivity contribution >= 4 is 11.6 Å². The molecule has 0 saturated heterocycles. The molecule has 8 heteroatoms. The van der Waals surface area contributed by atoms with Gasteiger partial charge in [-0.15, -0.1) is 0 Å². The lowest BCUT2D eigenvalue weighted by Crippen LogP contribution is -2.32. The fraction of sp³-hybridized carbons (Fsp3) is 0.250. The number of benzene rings is 2. The van der Waals surface area contributed by atoms with Crippen LogP contribution in [0.15, 0.2) is 53.1 Å². The molecule has 0 bridgehead atoms. The fourth-order valence-corrected chi connectivity index (χ4v) is 2.68. The van der Waals surface area contributed by atoms with E-state index >= 15 is 0 Å². The zero-order valence-electron chi connectivity index (χ0n) is 15.7. The van der Waals surface area contributed by atoms with E-state index in [4.69, 9.17) is 4.52 Å². The van der Waals surface area contributed by atoms with Crippen molar-refractivity contribution in [1.82, 2.24) is 15.5 Å². The average molecular weight is 380 g/mol. The lowest BCUT2D eigenvalue weighted by Gasteiger charge is -2.18. The van der Waals surface area contributed by atoms with Gasteiger partial charge < -0.3 is 9.84 Å². The molecule has 1 N–H and O–H groups in total. The summed E-state index contributed by atoms with van der Waals surface area (Å²) in [6.07, 6.45) is 0. The highest BCUT2D eigenvalue weighted by Crippen LogP contribution is 2.26. The molecule has 144 valence electrons. The van der Waals surface area contributed by atoms with E-state index in [1.165, 1.54) is 12.1 Å². The Bertz CT molecular complexity index is 995. The Kier molecular flexibility index (Phi) is 5.49. The molecule has 0 fully saturated rings. The Morgan fingerprint density at radius 1 is 1.18 bits per heavy atom. The highest BCUT2D eigenvalue weighted by atomic mass is 16.6. The Morgan fingerprint density at radius 3 is 2.54 bits per heavy atom. The lowest BCUT2D eigenvalue weighted by molar-refractivity contribution is -0.384. The molecule has 0 aliphatic rings. The molecular weight excluding hydrogens is 360 g/mol. The van der Waals surface area contributed by atoms with Crippen molar-refractivity contribution in [2.24, 2.45) is 5.92 Å². The van der Waals surface area contributed by atoms with Gasteiger partial charge in [-0.1, -0.05) is 48.8 Å². The predicted molar refractivity (Wildman–Crippen MR) is 103 cm³/mol. The summed E-state index contributed by atoms with van der Waals surface area (Å²) in [7, 11) is 0. The highest BCUT2D eigenvalue weighted by Gasteiger charge is 2.25. The zero-order valence-corrected chi connectivity index (χ0v) is 15.7. The van der Waals surface area contributed by atoms with Crippen molar-refractivity contribution in [1.29, 1.82) is 0 Å². The van der Waals surface area contributed by atoms with Crippen molar-refractivity contribution in [2.75, 3.05) is 0 Å². The second-order valence-electron chi connectivity index (χ2n) is 6.82. The first-order valence-corrected chi connectivity index (χ1v) is 8.81. The number of hydrogen-bond donors (Lipinski definition) is 1. The predicted octanol–water partition coefficient (Wildman–Crippen LogP) is 4.08. The van der Waals surface area contributed by atoms with Crippen LogP contribution in [0.5, 0.6) is 0 Å². The van der Waals surface area contributed by atoms with Gasteiger partial charge in [0.25, 0.3) is 11.6 Å². The quantitative estimate of drug-likeness (QED) is 0.509. The number of aromatic nitrogens is 2. The molecule has 0 radical (unpaired) electrons. The van der Waals surface area contributed by atoms with Gasteiger partial charge >= 0.3 is 0 Å². The molecule has 28 heavy (non-hydrogen) atoms. The summed E-state index contributed by atoms with van der Waals surface area (Å²) < 4.78 is 5.35. The summed E-state index contributed by atoms with van der Waals surface area (Å²) in [6, 6.07) is 12.7. The number of nitrogens with zero attached hydrogens (tertiary/aromatic N) is 3. The van der Waals surface area contributed by atoms with Crippen LogP contribution in [0, 0.1) is 23.0 Å². The third kappa shape index (κ3) is 4.22. The number of aryl methyl sites for hydroxylation is 1. The van der Waals surface area contributed by atoms with Gasteiger partial charge in [-0.05, 0) is 25.0 Å². The van der Waals surface area contributed by atoms with Crippen LogP contribution in [0.4, 0.5) is 5.69 Å². The molecule has 0 spiro atoms. The van der Waals surface area contributed by atoms with Gasteiger partial charge in [0.15, 0.2) is 0 Å². The van der Waals surface area contributed by atoms with Crippen LogP contribution in [0.3, 0.4) is 0 Å². The van der Waals surface area contributed by atoms with Crippen LogP contribution in [-0.4, -0.2) is 21.0 Å². The number of nitro benzene ring substituents is 1. The first kappa shape index (κ1) is 19.2. The second-order valence-corrected chi connectivity index (χ2v) is 6.82. The van der Waals surface area contributed by atoms with Gasteiger partial charge in [0, 0.05) is 23.3 Å². The minimum absolute atomic E-state index is 0.00666. The van der Waals surface area contributed by atoms with E-state index in [1.807, 2.05) is 32.9 Å². The van der Waals surface area contributed by atoms with Crippen LogP contribution in [0.25, 0.3) is 11.4 Å². The molecule has 1 heterocycles. The monoisotopic (exact) mass is 380 g/mol. The third-order valence-electron chi connectivity index (χ3n) is 4.29. The Hall–Kier alpha value is -3.55. The molecule has 1 atom stereocenters. The molecule has 1 amide bonds. The smallest absolute Gasteiger partial charge is 0.270 e. The fourth-order valence-electron chi connectivity index (χ4n) is 2.68. The summed E-state index contributed by atoms with van der Waals surface area (Å²) in [5.74, 6) is 0.229. The number of hydrogen-bond acceptors (Lipinski definition) is 6. The molecule has 0 aliphatic heterocycles. The molecule has 3 aromatic rings. The van der Waals surface area contributed by atoms with Gasteiger partial charge in [-0.25, -0.2) is 0 Å². The first-order chi connectivity index (χ1) is 13.3. The van der Waals surface area contributed by atoms with E-state index in [-0.39, 0.29) is 29.2 Å². The molecule has 0 saturated carbocycles. The van der Waals surface area contributed by atoms with E-state index in [0.717, 1.165) is 5.56 Å².